The van der Waals surface area contributed by atoms with Gasteiger partial charge in [0.2, 0.25) is 0 Å². The van der Waals surface area contributed by atoms with Gasteiger partial charge in [0.15, 0.2) is 5.78 Å². The first-order chi connectivity index (χ1) is 8.08. The molecule has 0 aliphatic carbocycles. The van der Waals surface area contributed by atoms with Crippen LogP contribution in [0, 0.1) is 0 Å². The molecule has 0 heterocycles. The van der Waals surface area contributed by atoms with Crippen LogP contribution in [0.2, 0.25) is 0 Å². The van der Waals surface area contributed by atoms with E-state index in [1.165, 1.54) is 31.4 Å². The molecular formula is C11H9FO5. The topological polar surface area (TPSA) is 69.7 Å². The SMILES string of the molecule is COc1ccc(C(=O)CC(=O)C(=O)OF)cc1. The minimum Gasteiger partial charge on any atom is -0.497 e. The second-order valence-electron chi connectivity index (χ2n) is 3.12. The molecule has 0 fully saturated rings. The molecule has 90 valence electrons. The van der Waals surface area contributed by atoms with Crippen molar-refractivity contribution in [3.8, 4) is 5.75 Å². The van der Waals surface area contributed by atoms with Crippen molar-refractivity contribution < 1.29 is 28.6 Å². The van der Waals surface area contributed by atoms with Gasteiger partial charge in [-0.05, 0) is 24.3 Å². The minimum absolute atomic E-state index is 0.228. The summed E-state index contributed by atoms with van der Waals surface area (Å²) in [5.74, 6) is -2.95. The summed E-state index contributed by atoms with van der Waals surface area (Å²) in [4.78, 5) is 35.6. The van der Waals surface area contributed by atoms with Crippen molar-refractivity contribution >= 4 is 17.5 Å². The predicted molar refractivity (Wildman–Crippen MR) is 54.1 cm³/mol. The average molecular weight is 240 g/mol. The normalized spacial score (nSPS) is 9.53. The summed E-state index contributed by atoms with van der Waals surface area (Å²) in [6, 6.07) is 5.95. The van der Waals surface area contributed by atoms with Crippen molar-refractivity contribution in [1.82, 2.24) is 0 Å². The molecule has 0 aliphatic rings. The summed E-state index contributed by atoms with van der Waals surface area (Å²) in [6.07, 6.45) is -0.727. The Balaban J connectivity index is 2.70. The third-order valence-corrected chi connectivity index (χ3v) is 2.03. The summed E-state index contributed by atoms with van der Waals surface area (Å²) in [7, 11) is 1.47. The Morgan fingerprint density at radius 2 is 1.76 bits per heavy atom. The van der Waals surface area contributed by atoms with Crippen LogP contribution in [0.1, 0.15) is 16.8 Å². The molecule has 1 rings (SSSR count). The molecule has 5 nitrogen and oxygen atoms in total. The highest BCUT2D eigenvalue weighted by Crippen LogP contribution is 2.12. The van der Waals surface area contributed by atoms with Crippen LogP contribution in [-0.2, 0) is 14.5 Å². The molecule has 0 amide bonds. The number of methoxy groups -OCH3 is 1. The lowest BCUT2D eigenvalue weighted by Gasteiger charge is -2.01. The van der Waals surface area contributed by atoms with Gasteiger partial charge < -0.3 is 4.74 Å². The zero-order chi connectivity index (χ0) is 12.8. The standard InChI is InChI=1S/C11H9FO5/c1-16-8-4-2-7(3-5-8)9(13)6-10(14)11(15)17-12/h2-5H,6H2,1H3. The van der Waals surface area contributed by atoms with E-state index in [4.69, 9.17) is 4.74 Å². The molecule has 0 radical (unpaired) electrons. The Labute approximate surface area is 96.0 Å². The molecule has 0 bridgehead atoms. The van der Waals surface area contributed by atoms with Gasteiger partial charge >= 0.3 is 5.97 Å². The molecule has 6 heteroatoms. The number of hydrogen-bond donors (Lipinski definition) is 0. The quantitative estimate of drug-likeness (QED) is 0.440. The summed E-state index contributed by atoms with van der Waals surface area (Å²) < 4.78 is 16.3. The van der Waals surface area contributed by atoms with Crippen LogP contribution in [0.4, 0.5) is 4.53 Å². The van der Waals surface area contributed by atoms with Gasteiger partial charge in [0.25, 0.3) is 5.78 Å². The van der Waals surface area contributed by atoms with Crippen molar-refractivity contribution in [2.24, 2.45) is 0 Å². The number of Topliss-reactive ketones (excluding diaryl/α,β-unsaturated/α-hetero) is 2. The van der Waals surface area contributed by atoms with Gasteiger partial charge in [0.05, 0.1) is 13.5 Å². The van der Waals surface area contributed by atoms with Crippen molar-refractivity contribution in [3.05, 3.63) is 29.8 Å². The molecule has 0 aromatic heterocycles. The second-order valence-corrected chi connectivity index (χ2v) is 3.12. The number of halogens is 1. The van der Waals surface area contributed by atoms with Gasteiger partial charge in [-0.2, -0.15) is 0 Å². The highest BCUT2D eigenvalue weighted by atomic mass is 19.3. The fourth-order valence-electron chi connectivity index (χ4n) is 1.14. The van der Waals surface area contributed by atoms with E-state index in [9.17, 15) is 18.9 Å². The first kappa shape index (κ1) is 12.8. The number of ketones is 2. The monoisotopic (exact) mass is 240 g/mol. The van der Waals surface area contributed by atoms with E-state index in [2.05, 4.69) is 4.94 Å². The Hall–Kier alpha value is -2.24. The molecule has 1 aromatic rings. The fourth-order valence-corrected chi connectivity index (χ4v) is 1.14. The van der Waals surface area contributed by atoms with E-state index in [0.717, 1.165) is 0 Å². The lowest BCUT2D eigenvalue weighted by molar-refractivity contribution is -0.185. The summed E-state index contributed by atoms with van der Waals surface area (Å²) in [5, 5.41) is 0. The molecule has 0 N–H and O–H groups in total. The van der Waals surface area contributed by atoms with Crippen LogP contribution in [0.15, 0.2) is 24.3 Å². The average Bonchev–Trinajstić information content (AvgIpc) is 2.37. The van der Waals surface area contributed by atoms with Crippen LogP contribution >= 0.6 is 0 Å². The van der Waals surface area contributed by atoms with Crippen molar-refractivity contribution in [1.29, 1.82) is 0 Å². The number of ether oxygens (including phenoxy) is 1. The summed E-state index contributed by atoms with van der Waals surface area (Å²) in [6.45, 7) is 0. The van der Waals surface area contributed by atoms with Crippen molar-refractivity contribution in [2.45, 2.75) is 6.42 Å². The maximum absolute atomic E-state index is 11.5. The van der Waals surface area contributed by atoms with Gasteiger partial charge in [0, 0.05) is 10.1 Å². The summed E-state index contributed by atoms with van der Waals surface area (Å²) >= 11 is 0. The smallest absolute Gasteiger partial charge is 0.415 e. The first-order valence-electron chi connectivity index (χ1n) is 4.61. The number of carbonyl (C=O) groups is 3. The predicted octanol–water partition coefficient (Wildman–Crippen LogP) is 1.26. The number of carbonyl (C=O) groups excluding carboxylic acids is 3. The van der Waals surface area contributed by atoms with Gasteiger partial charge in [-0.15, -0.1) is 0 Å². The van der Waals surface area contributed by atoms with Crippen LogP contribution < -0.4 is 4.74 Å². The molecule has 0 aliphatic heterocycles. The van der Waals surface area contributed by atoms with Crippen LogP contribution in [-0.4, -0.2) is 24.6 Å². The molecule has 1 aromatic carbocycles. The molecular weight excluding hydrogens is 231 g/mol. The number of benzene rings is 1. The molecule has 0 atom stereocenters. The Morgan fingerprint density at radius 3 is 2.24 bits per heavy atom. The Kier molecular flexibility index (Phi) is 4.33. The number of rotatable bonds is 5. The van der Waals surface area contributed by atoms with Gasteiger partial charge in [-0.1, -0.05) is 0 Å². The van der Waals surface area contributed by atoms with E-state index in [-0.39, 0.29) is 5.56 Å². The molecule has 0 saturated carbocycles. The van der Waals surface area contributed by atoms with E-state index in [1.807, 2.05) is 0 Å². The van der Waals surface area contributed by atoms with E-state index in [1.54, 1.807) is 0 Å². The van der Waals surface area contributed by atoms with Gasteiger partial charge in [-0.3, -0.25) is 9.59 Å². The number of hydrogen-bond acceptors (Lipinski definition) is 5. The second kappa shape index (κ2) is 5.74. The van der Waals surface area contributed by atoms with Crippen LogP contribution in [0.25, 0.3) is 0 Å². The molecule has 0 spiro atoms. The van der Waals surface area contributed by atoms with Crippen LogP contribution in [0.3, 0.4) is 0 Å². The lowest BCUT2D eigenvalue weighted by Crippen LogP contribution is -2.18. The van der Waals surface area contributed by atoms with Gasteiger partial charge in [-0.25, -0.2) is 9.74 Å². The van der Waals surface area contributed by atoms with E-state index >= 15 is 0 Å². The minimum atomic E-state index is -1.67. The highest BCUT2D eigenvalue weighted by molar-refractivity contribution is 6.37. The maximum Gasteiger partial charge on any atom is 0.415 e. The molecule has 0 unspecified atom stereocenters. The highest BCUT2D eigenvalue weighted by Gasteiger charge is 2.21. The van der Waals surface area contributed by atoms with Crippen LogP contribution in [0.5, 0.6) is 5.75 Å². The van der Waals surface area contributed by atoms with E-state index in [0.29, 0.717) is 5.75 Å². The van der Waals surface area contributed by atoms with E-state index < -0.39 is 24.0 Å². The van der Waals surface area contributed by atoms with Crippen molar-refractivity contribution in [3.63, 3.8) is 0 Å². The van der Waals surface area contributed by atoms with Crippen molar-refractivity contribution in [2.75, 3.05) is 7.11 Å². The largest absolute Gasteiger partial charge is 0.497 e. The Bertz CT molecular complexity index is 438. The zero-order valence-electron chi connectivity index (χ0n) is 8.94. The third kappa shape index (κ3) is 3.37. The fraction of sp³-hybridized carbons (Fsp3) is 0.182. The molecule has 0 saturated heterocycles. The summed E-state index contributed by atoms with van der Waals surface area (Å²) in [5.41, 5.74) is 0.228. The first-order valence-corrected chi connectivity index (χ1v) is 4.61. The Morgan fingerprint density at radius 1 is 1.18 bits per heavy atom. The van der Waals surface area contributed by atoms with Gasteiger partial charge in [0.1, 0.15) is 5.75 Å². The molecule has 17 heavy (non-hydrogen) atoms. The third-order valence-electron chi connectivity index (χ3n) is 2.03. The maximum atomic E-state index is 11.5. The lowest BCUT2D eigenvalue weighted by atomic mass is 10.1. The zero-order valence-corrected chi connectivity index (χ0v) is 8.94.